The maximum Gasteiger partial charge on any atom is 0.407 e. The summed E-state index contributed by atoms with van der Waals surface area (Å²) in [4.78, 5) is 21.8. The van der Waals surface area contributed by atoms with Crippen LogP contribution in [0.5, 0.6) is 0 Å². The molecule has 0 spiro atoms. The molecule has 1 fully saturated rings. The van der Waals surface area contributed by atoms with E-state index in [4.69, 9.17) is 9.84 Å². The number of likely N-dealkylation sites (tertiary alicyclic amines) is 1. The monoisotopic (exact) mass is 446 g/mol. The van der Waals surface area contributed by atoms with Gasteiger partial charge >= 0.3 is 6.09 Å². The number of anilines is 2. The highest BCUT2D eigenvalue weighted by atomic mass is 28.3. The number of carboxylic acid groups (broad SMARTS) is 1. The number of nitrogens with one attached hydrogen (secondary N) is 1. The maximum absolute atomic E-state index is 11.1. The number of ether oxygens (including phenoxy) is 1. The molecule has 0 radical (unpaired) electrons. The molecule has 3 rings (SSSR count). The van der Waals surface area contributed by atoms with Gasteiger partial charge in [0, 0.05) is 58.2 Å². The molecule has 0 saturated carbocycles. The standard InChI is InChI=1S/C21H34N6O3Si/c1-16-13-19(23-18-7-10-27(25-18)15-30-11-12-31(2,3)4)24-20(22-16)14-17-5-8-26(9-6-17)21(28)29/h7,10,13,17H,5-6,8-9,11-12,14-15H2,1-4H3,(H,28,29)(H,22,23,24,25). The van der Waals surface area contributed by atoms with Crippen LogP contribution in [0.2, 0.25) is 25.7 Å². The normalized spacial score (nSPS) is 15.3. The molecule has 0 bridgehead atoms. The Labute approximate surface area is 184 Å². The topological polar surface area (TPSA) is 105 Å². The SMILES string of the molecule is Cc1cc(Nc2ccn(COCC[Si](C)(C)C)n2)nc(CC2CCN(C(=O)O)CC2)n1. The van der Waals surface area contributed by atoms with E-state index in [1.165, 1.54) is 4.90 Å². The first-order valence-corrected chi connectivity index (χ1v) is 14.6. The van der Waals surface area contributed by atoms with Crippen LogP contribution < -0.4 is 5.32 Å². The second-order valence-corrected chi connectivity index (χ2v) is 15.1. The zero-order valence-electron chi connectivity index (χ0n) is 19.0. The largest absolute Gasteiger partial charge is 0.465 e. The fraction of sp³-hybridized carbons (Fsp3) is 0.619. The zero-order valence-corrected chi connectivity index (χ0v) is 20.0. The van der Waals surface area contributed by atoms with Crippen molar-refractivity contribution in [3.05, 3.63) is 29.8 Å². The Morgan fingerprint density at radius 2 is 2.00 bits per heavy atom. The third kappa shape index (κ3) is 7.62. The number of piperidine rings is 1. The molecule has 9 nitrogen and oxygen atoms in total. The van der Waals surface area contributed by atoms with E-state index in [1.54, 1.807) is 4.68 Å². The summed E-state index contributed by atoms with van der Waals surface area (Å²) in [5, 5.41) is 16.9. The van der Waals surface area contributed by atoms with Crippen molar-refractivity contribution in [3.63, 3.8) is 0 Å². The van der Waals surface area contributed by atoms with Gasteiger partial charge in [-0.05, 0) is 31.7 Å². The number of nitrogens with zero attached hydrogens (tertiary/aromatic N) is 5. The van der Waals surface area contributed by atoms with Gasteiger partial charge in [-0.25, -0.2) is 19.4 Å². The second-order valence-electron chi connectivity index (χ2n) is 9.44. The summed E-state index contributed by atoms with van der Waals surface area (Å²) in [6.45, 7) is 11.3. The van der Waals surface area contributed by atoms with E-state index >= 15 is 0 Å². The van der Waals surface area contributed by atoms with E-state index in [0.717, 1.165) is 49.2 Å². The van der Waals surface area contributed by atoms with Gasteiger partial charge in [0.2, 0.25) is 0 Å². The molecule has 3 heterocycles. The summed E-state index contributed by atoms with van der Waals surface area (Å²) in [7, 11) is -1.09. The summed E-state index contributed by atoms with van der Waals surface area (Å²) in [5.74, 6) is 2.62. The highest BCUT2D eigenvalue weighted by molar-refractivity contribution is 6.76. The van der Waals surface area contributed by atoms with Crippen molar-refractivity contribution in [1.29, 1.82) is 0 Å². The minimum atomic E-state index is -1.09. The highest BCUT2D eigenvalue weighted by Crippen LogP contribution is 2.22. The van der Waals surface area contributed by atoms with Gasteiger partial charge < -0.3 is 20.1 Å². The summed E-state index contributed by atoms with van der Waals surface area (Å²) in [5.41, 5.74) is 0.893. The molecule has 2 aromatic heterocycles. The second kappa shape index (κ2) is 10.2. The number of carbonyl (C=O) groups is 1. The van der Waals surface area contributed by atoms with Crippen LogP contribution in [0, 0.1) is 12.8 Å². The fourth-order valence-electron chi connectivity index (χ4n) is 3.54. The molecule has 2 aromatic rings. The first kappa shape index (κ1) is 23.2. The summed E-state index contributed by atoms with van der Waals surface area (Å²) in [6.07, 6.45) is 3.49. The smallest absolute Gasteiger partial charge is 0.407 e. The molecule has 1 saturated heterocycles. The number of aromatic nitrogens is 4. The average Bonchev–Trinajstić information content (AvgIpc) is 3.11. The first-order chi connectivity index (χ1) is 14.7. The molecule has 1 aliphatic rings. The molecular weight excluding hydrogens is 412 g/mol. The molecule has 0 atom stereocenters. The fourth-order valence-corrected chi connectivity index (χ4v) is 4.30. The number of aryl methyl sites for hydroxylation is 1. The number of rotatable bonds is 9. The van der Waals surface area contributed by atoms with E-state index in [2.05, 4.69) is 40.0 Å². The molecule has 2 N–H and O–H groups in total. The van der Waals surface area contributed by atoms with Crippen LogP contribution >= 0.6 is 0 Å². The highest BCUT2D eigenvalue weighted by Gasteiger charge is 2.23. The van der Waals surface area contributed by atoms with Gasteiger partial charge in [0.1, 0.15) is 18.4 Å². The van der Waals surface area contributed by atoms with Crippen molar-refractivity contribution in [2.75, 3.05) is 25.0 Å². The van der Waals surface area contributed by atoms with E-state index in [1.807, 2.05) is 25.3 Å². The van der Waals surface area contributed by atoms with Crippen LogP contribution in [0.1, 0.15) is 24.4 Å². The van der Waals surface area contributed by atoms with E-state index < -0.39 is 14.2 Å². The van der Waals surface area contributed by atoms with Gasteiger partial charge in [-0.1, -0.05) is 19.6 Å². The average molecular weight is 447 g/mol. The maximum atomic E-state index is 11.1. The quantitative estimate of drug-likeness (QED) is 0.443. The van der Waals surface area contributed by atoms with E-state index in [-0.39, 0.29) is 0 Å². The van der Waals surface area contributed by atoms with Gasteiger partial charge in [-0.2, -0.15) is 5.10 Å². The zero-order chi connectivity index (χ0) is 22.4. The van der Waals surface area contributed by atoms with E-state index in [0.29, 0.717) is 31.6 Å². The van der Waals surface area contributed by atoms with Crippen molar-refractivity contribution in [2.24, 2.45) is 5.92 Å². The summed E-state index contributed by atoms with van der Waals surface area (Å²) < 4.78 is 7.52. The number of hydrogen-bond acceptors (Lipinski definition) is 6. The Morgan fingerprint density at radius 1 is 1.26 bits per heavy atom. The lowest BCUT2D eigenvalue weighted by molar-refractivity contribution is 0.0788. The Balaban J connectivity index is 1.53. The van der Waals surface area contributed by atoms with Crippen molar-refractivity contribution in [1.82, 2.24) is 24.6 Å². The van der Waals surface area contributed by atoms with Gasteiger partial charge in [0.05, 0.1) is 0 Å². The molecule has 0 aromatic carbocycles. The number of amides is 1. The van der Waals surface area contributed by atoms with Crippen LogP contribution in [-0.2, 0) is 17.9 Å². The van der Waals surface area contributed by atoms with Crippen LogP contribution in [-0.4, -0.2) is 63.6 Å². The van der Waals surface area contributed by atoms with Crippen LogP contribution in [0.4, 0.5) is 16.4 Å². The van der Waals surface area contributed by atoms with Gasteiger partial charge in [-0.15, -0.1) is 0 Å². The van der Waals surface area contributed by atoms with Gasteiger partial charge in [0.25, 0.3) is 0 Å². The van der Waals surface area contributed by atoms with E-state index in [9.17, 15) is 4.79 Å². The van der Waals surface area contributed by atoms with Gasteiger partial charge in [0.15, 0.2) is 5.82 Å². The lowest BCUT2D eigenvalue weighted by Gasteiger charge is -2.29. The van der Waals surface area contributed by atoms with Crippen LogP contribution in [0.15, 0.2) is 18.3 Å². The first-order valence-electron chi connectivity index (χ1n) is 10.9. The molecule has 0 unspecified atom stereocenters. The molecular formula is C21H34N6O3Si. The molecule has 1 aliphatic heterocycles. The minimum absolute atomic E-state index is 0.401. The van der Waals surface area contributed by atoms with Crippen molar-refractivity contribution >= 4 is 25.8 Å². The van der Waals surface area contributed by atoms with Crippen molar-refractivity contribution < 1.29 is 14.6 Å². The van der Waals surface area contributed by atoms with Crippen molar-refractivity contribution in [3.8, 4) is 0 Å². The predicted octanol–water partition coefficient (Wildman–Crippen LogP) is 3.97. The lowest BCUT2D eigenvalue weighted by atomic mass is 9.93. The Morgan fingerprint density at radius 3 is 2.68 bits per heavy atom. The number of hydrogen-bond donors (Lipinski definition) is 2. The molecule has 10 heteroatoms. The third-order valence-corrected chi connectivity index (χ3v) is 7.08. The molecule has 170 valence electrons. The Kier molecular flexibility index (Phi) is 7.66. The van der Waals surface area contributed by atoms with Crippen LogP contribution in [0.3, 0.4) is 0 Å². The Bertz CT molecular complexity index is 874. The van der Waals surface area contributed by atoms with Crippen molar-refractivity contribution in [2.45, 2.75) is 58.6 Å². The molecule has 0 aliphatic carbocycles. The minimum Gasteiger partial charge on any atom is -0.465 e. The molecule has 1 amide bonds. The summed E-state index contributed by atoms with van der Waals surface area (Å²) >= 11 is 0. The third-order valence-electron chi connectivity index (χ3n) is 5.37. The predicted molar refractivity (Wildman–Crippen MR) is 122 cm³/mol. The van der Waals surface area contributed by atoms with Crippen LogP contribution in [0.25, 0.3) is 0 Å². The summed E-state index contributed by atoms with van der Waals surface area (Å²) in [6, 6.07) is 4.94. The lowest BCUT2D eigenvalue weighted by Crippen LogP contribution is -2.38. The Hall–Kier alpha value is -2.46. The van der Waals surface area contributed by atoms with Gasteiger partial charge in [-0.3, -0.25) is 0 Å². The molecule has 31 heavy (non-hydrogen) atoms.